The molecule has 0 aliphatic carbocycles. The molecule has 0 fully saturated rings. The molecule has 4 heteroatoms. The standard InChI is InChI=1S/C20H14ClNOS/c21-16-6-2-1-5-14(16)11-13-9-10-18(23)15(12-13)20-22-17-7-3-4-8-19(17)24-20/h1-10,12,23H,11H2. The number of thiazole rings is 1. The second kappa shape index (κ2) is 6.27. The van der Waals surface area contributed by atoms with Gasteiger partial charge in [-0.25, -0.2) is 4.98 Å². The van der Waals surface area contributed by atoms with Gasteiger partial charge >= 0.3 is 0 Å². The minimum atomic E-state index is 0.247. The molecule has 24 heavy (non-hydrogen) atoms. The molecule has 1 N–H and O–H groups in total. The maximum Gasteiger partial charge on any atom is 0.128 e. The number of aromatic hydroxyl groups is 1. The average molecular weight is 352 g/mol. The number of halogens is 1. The number of phenolic OH excluding ortho intramolecular Hbond substituents is 1. The van der Waals surface area contributed by atoms with Crippen molar-refractivity contribution in [2.45, 2.75) is 6.42 Å². The van der Waals surface area contributed by atoms with E-state index in [9.17, 15) is 5.11 Å². The van der Waals surface area contributed by atoms with Gasteiger partial charge in [-0.3, -0.25) is 0 Å². The van der Waals surface area contributed by atoms with E-state index in [1.807, 2.05) is 60.7 Å². The fourth-order valence-corrected chi connectivity index (χ4v) is 3.91. The van der Waals surface area contributed by atoms with Crippen LogP contribution < -0.4 is 0 Å². The van der Waals surface area contributed by atoms with Crippen molar-refractivity contribution < 1.29 is 5.11 Å². The highest BCUT2D eigenvalue weighted by molar-refractivity contribution is 7.21. The van der Waals surface area contributed by atoms with Crippen LogP contribution in [0.1, 0.15) is 11.1 Å². The molecule has 1 heterocycles. The zero-order valence-corrected chi connectivity index (χ0v) is 14.3. The molecular formula is C20H14ClNOS. The zero-order chi connectivity index (χ0) is 16.5. The fourth-order valence-electron chi connectivity index (χ4n) is 2.71. The topological polar surface area (TPSA) is 33.1 Å². The van der Waals surface area contributed by atoms with E-state index in [0.29, 0.717) is 0 Å². The van der Waals surface area contributed by atoms with Crippen LogP contribution in [0.4, 0.5) is 0 Å². The Morgan fingerprint density at radius 2 is 1.75 bits per heavy atom. The summed E-state index contributed by atoms with van der Waals surface area (Å²) in [6.07, 6.45) is 0.720. The minimum absolute atomic E-state index is 0.247. The van der Waals surface area contributed by atoms with E-state index in [-0.39, 0.29) is 5.75 Å². The SMILES string of the molecule is Oc1ccc(Cc2ccccc2Cl)cc1-c1nc2ccccc2s1. The van der Waals surface area contributed by atoms with E-state index < -0.39 is 0 Å². The Morgan fingerprint density at radius 3 is 2.58 bits per heavy atom. The summed E-state index contributed by atoms with van der Waals surface area (Å²) in [5.41, 5.74) is 3.88. The molecule has 0 amide bonds. The van der Waals surface area contributed by atoms with Gasteiger partial charge in [0.15, 0.2) is 0 Å². The van der Waals surface area contributed by atoms with Gasteiger partial charge in [0, 0.05) is 5.02 Å². The van der Waals surface area contributed by atoms with Crippen LogP contribution in [0.15, 0.2) is 66.7 Å². The summed E-state index contributed by atoms with van der Waals surface area (Å²) in [4.78, 5) is 4.64. The lowest BCUT2D eigenvalue weighted by atomic mass is 10.0. The number of benzene rings is 3. The highest BCUT2D eigenvalue weighted by Gasteiger charge is 2.12. The Balaban J connectivity index is 1.75. The van der Waals surface area contributed by atoms with Gasteiger partial charge in [0.2, 0.25) is 0 Å². The first-order chi connectivity index (χ1) is 11.7. The predicted octanol–water partition coefficient (Wildman–Crippen LogP) is 5.91. The Bertz CT molecular complexity index is 992. The molecule has 0 atom stereocenters. The second-order valence-corrected chi connectivity index (χ2v) is 7.04. The van der Waals surface area contributed by atoms with Gasteiger partial charge in [-0.15, -0.1) is 11.3 Å². The van der Waals surface area contributed by atoms with Crippen LogP contribution >= 0.6 is 22.9 Å². The van der Waals surface area contributed by atoms with Gasteiger partial charge in [0.1, 0.15) is 10.8 Å². The van der Waals surface area contributed by atoms with Gasteiger partial charge in [-0.2, -0.15) is 0 Å². The second-order valence-electron chi connectivity index (χ2n) is 5.61. The number of aromatic nitrogens is 1. The predicted molar refractivity (Wildman–Crippen MR) is 101 cm³/mol. The molecule has 0 unspecified atom stereocenters. The van der Waals surface area contributed by atoms with Crippen molar-refractivity contribution in [3.05, 3.63) is 82.9 Å². The first-order valence-corrected chi connectivity index (χ1v) is 8.81. The van der Waals surface area contributed by atoms with Crippen molar-refractivity contribution in [2.24, 2.45) is 0 Å². The number of hydrogen-bond donors (Lipinski definition) is 1. The van der Waals surface area contributed by atoms with E-state index in [1.165, 1.54) is 0 Å². The average Bonchev–Trinajstić information content (AvgIpc) is 3.02. The third-order valence-electron chi connectivity index (χ3n) is 3.94. The molecule has 118 valence electrons. The van der Waals surface area contributed by atoms with Crippen molar-refractivity contribution in [1.29, 1.82) is 0 Å². The van der Waals surface area contributed by atoms with Gasteiger partial charge in [-0.1, -0.05) is 48.0 Å². The summed E-state index contributed by atoms with van der Waals surface area (Å²) >= 11 is 7.84. The highest BCUT2D eigenvalue weighted by atomic mass is 35.5. The number of fused-ring (bicyclic) bond motifs is 1. The van der Waals surface area contributed by atoms with Crippen molar-refractivity contribution in [2.75, 3.05) is 0 Å². The van der Waals surface area contributed by atoms with E-state index in [4.69, 9.17) is 11.6 Å². The monoisotopic (exact) mass is 351 g/mol. The quantitative estimate of drug-likeness (QED) is 0.497. The lowest BCUT2D eigenvalue weighted by Crippen LogP contribution is -1.90. The van der Waals surface area contributed by atoms with E-state index in [2.05, 4.69) is 4.98 Å². The molecule has 0 spiro atoms. The summed E-state index contributed by atoms with van der Waals surface area (Å²) in [6, 6.07) is 21.5. The van der Waals surface area contributed by atoms with Crippen LogP contribution in [0, 0.1) is 0 Å². The Hall–Kier alpha value is -2.36. The van der Waals surface area contributed by atoms with E-state index in [1.54, 1.807) is 17.4 Å². The van der Waals surface area contributed by atoms with Crippen LogP contribution in [-0.2, 0) is 6.42 Å². The molecule has 0 aliphatic rings. The van der Waals surface area contributed by atoms with Gasteiger partial charge in [-0.05, 0) is 47.9 Å². The third kappa shape index (κ3) is 2.88. The highest BCUT2D eigenvalue weighted by Crippen LogP contribution is 2.36. The fraction of sp³-hybridized carbons (Fsp3) is 0.0500. The summed E-state index contributed by atoms with van der Waals surface area (Å²) in [7, 11) is 0. The minimum Gasteiger partial charge on any atom is -0.507 e. The first-order valence-electron chi connectivity index (χ1n) is 7.62. The van der Waals surface area contributed by atoms with Crippen molar-refractivity contribution >= 4 is 33.2 Å². The molecule has 1 aromatic heterocycles. The third-order valence-corrected chi connectivity index (χ3v) is 5.38. The maximum atomic E-state index is 10.3. The Morgan fingerprint density at radius 1 is 0.958 bits per heavy atom. The number of phenols is 1. The van der Waals surface area contributed by atoms with Crippen molar-refractivity contribution in [3.8, 4) is 16.3 Å². The lowest BCUT2D eigenvalue weighted by Gasteiger charge is -2.07. The summed E-state index contributed by atoms with van der Waals surface area (Å²) < 4.78 is 1.11. The summed E-state index contributed by atoms with van der Waals surface area (Å²) in [5.74, 6) is 0.247. The molecule has 4 rings (SSSR count). The van der Waals surface area contributed by atoms with Crippen LogP contribution in [-0.4, -0.2) is 10.1 Å². The number of rotatable bonds is 3. The van der Waals surface area contributed by atoms with Crippen LogP contribution in [0.25, 0.3) is 20.8 Å². The summed E-state index contributed by atoms with van der Waals surface area (Å²) in [5, 5.41) is 11.9. The molecule has 2 nitrogen and oxygen atoms in total. The molecular weight excluding hydrogens is 338 g/mol. The molecule has 0 radical (unpaired) electrons. The molecule has 4 aromatic rings. The van der Waals surface area contributed by atoms with Crippen LogP contribution in [0.2, 0.25) is 5.02 Å². The Kier molecular flexibility index (Phi) is 3.97. The van der Waals surface area contributed by atoms with E-state index in [0.717, 1.165) is 43.4 Å². The largest absolute Gasteiger partial charge is 0.507 e. The van der Waals surface area contributed by atoms with E-state index >= 15 is 0 Å². The molecule has 3 aromatic carbocycles. The number of hydrogen-bond acceptors (Lipinski definition) is 3. The molecule has 0 bridgehead atoms. The number of para-hydroxylation sites is 1. The van der Waals surface area contributed by atoms with Crippen molar-refractivity contribution in [1.82, 2.24) is 4.98 Å². The maximum absolute atomic E-state index is 10.3. The normalized spacial score (nSPS) is 11.0. The van der Waals surface area contributed by atoms with Gasteiger partial charge in [0.25, 0.3) is 0 Å². The molecule has 0 saturated heterocycles. The molecule has 0 aliphatic heterocycles. The van der Waals surface area contributed by atoms with Crippen molar-refractivity contribution in [3.63, 3.8) is 0 Å². The van der Waals surface area contributed by atoms with Crippen LogP contribution in [0.5, 0.6) is 5.75 Å². The lowest BCUT2D eigenvalue weighted by molar-refractivity contribution is 0.477. The number of nitrogens with zero attached hydrogens (tertiary/aromatic N) is 1. The zero-order valence-electron chi connectivity index (χ0n) is 12.7. The van der Waals surface area contributed by atoms with Crippen LogP contribution in [0.3, 0.4) is 0 Å². The Labute approximate surface area is 149 Å². The first kappa shape index (κ1) is 15.2. The summed E-state index contributed by atoms with van der Waals surface area (Å²) in [6.45, 7) is 0. The smallest absolute Gasteiger partial charge is 0.128 e. The van der Waals surface area contributed by atoms with Gasteiger partial charge in [0.05, 0.1) is 15.8 Å². The van der Waals surface area contributed by atoms with Gasteiger partial charge < -0.3 is 5.11 Å². The molecule has 0 saturated carbocycles.